The molecule has 1 aromatic rings. The van der Waals surface area contributed by atoms with Crippen LogP contribution in [-0.2, 0) is 0 Å². The minimum Gasteiger partial charge on any atom is -0.324 e. The number of hydrazine groups is 1. The van der Waals surface area contributed by atoms with Crippen LogP contribution in [0, 0.1) is 18.3 Å². The van der Waals surface area contributed by atoms with Gasteiger partial charge in [-0.05, 0) is 24.6 Å². The highest BCUT2D eigenvalue weighted by molar-refractivity contribution is 5.85. The van der Waals surface area contributed by atoms with Gasteiger partial charge < -0.3 is 5.43 Å². The number of nitriles is 1. The molecule has 3 N–H and O–H groups in total. The molecule has 1 aromatic carbocycles. The van der Waals surface area contributed by atoms with Crippen molar-refractivity contribution in [3.8, 4) is 6.07 Å². The lowest BCUT2D eigenvalue weighted by Crippen LogP contribution is -2.08. The molecule has 0 aliphatic heterocycles. The molecular weight excluding hydrogens is 174 g/mol. The Kier molecular flexibility index (Phi) is 4.12. The zero-order chi connectivity index (χ0) is 8.27. The van der Waals surface area contributed by atoms with Gasteiger partial charge in [0, 0.05) is 0 Å². The van der Waals surface area contributed by atoms with Gasteiger partial charge in [-0.25, -0.2) is 0 Å². The molecule has 0 spiro atoms. The van der Waals surface area contributed by atoms with Gasteiger partial charge in [-0.1, -0.05) is 6.07 Å². The Morgan fingerprint density at radius 3 is 2.67 bits per heavy atom. The summed E-state index contributed by atoms with van der Waals surface area (Å²) in [5, 5.41) is 8.53. The molecule has 64 valence electrons. The van der Waals surface area contributed by atoms with Crippen molar-refractivity contribution in [2.75, 3.05) is 5.43 Å². The van der Waals surface area contributed by atoms with Crippen LogP contribution >= 0.6 is 12.4 Å². The molecule has 0 unspecified atom stereocenters. The summed E-state index contributed by atoms with van der Waals surface area (Å²) in [6.45, 7) is 1.93. The van der Waals surface area contributed by atoms with Crippen molar-refractivity contribution in [3.63, 3.8) is 0 Å². The molecule has 0 aliphatic carbocycles. The third-order valence-corrected chi connectivity index (χ3v) is 1.52. The molecule has 0 amide bonds. The molecular formula is C8H10ClN3. The Balaban J connectivity index is 0.00000121. The molecule has 0 aromatic heterocycles. The maximum absolute atomic E-state index is 8.53. The van der Waals surface area contributed by atoms with Crippen molar-refractivity contribution in [1.82, 2.24) is 0 Å². The molecule has 0 radical (unpaired) electrons. The van der Waals surface area contributed by atoms with E-state index >= 15 is 0 Å². The van der Waals surface area contributed by atoms with Crippen molar-refractivity contribution >= 4 is 18.1 Å². The second kappa shape index (κ2) is 4.60. The number of benzene rings is 1. The van der Waals surface area contributed by atoms with Crippen LogP contribution in [0.15, 0.2) is 18.2 Å². The lowest BCUT2D eigenvalue weighted by atomic mass is 10.1. The van der Waals surface area contributed by atoms with Gasteiger partial charge in [0.1, 0.15) is 0 Å². The predicted molar refractivity (Wildman–Crippen MR) is 51.0 cm³/mol. The van der Waals surface area contributed by atoms with Gasteiger partial charge in [-0.3, -0.25) is 5.84 Å². The molecule has 0 saturated carbocycles. The van der Waals surface area contributed by atoms with E-state index in [4.69, 9.17) is 11.1 Å². The van der Waals surface area contributed by atoms with Crippen LogP contribution in [0.25, 0.3) is 0 Å². The zero-order valence-electron chi connectivity index (χ0n) is 6.66. The Morgan fingerprint density at radius 1 is 1.50 bits per heavy atom. The predicted octanol–water partition coefficient (Wildman–Crippen LogP) is 1.57. The highest BCUT2D eigenvalue weighted by Crippen LogP contribution is 2.14. The van der Waals surface area contributed by atoms with Crippen LogP contribution in [0.3, 0.4) is 0 Å². The van der Waals surface area contributed by atoms with Gasteiger partial charge in [0.15, 0.2) is 0 Å². The van der Waals surface area contributed by atoms with E-state index in [2.05, 4.69) is 5.43 Å². The first-order chi connectivity index (χ1) is 5.27. The number of rotatable bonds is 1. The second-order valence-corrected chi connectivity index (χ2v) is 2.29. The number of hydrogen-bond donors (Lipinski definition) is 2. The van der Waals surface area contributed by atoms with Crippen LogP contribution in [0.4, 0.5) is 5.69 Å². The normalized spacial score (nSPS) is 8.08. The Morgan fingerprint density at radius 2 is 2.17 bits per heavy atom. The highest BCUT2D eigenvalue weighted by Gasteiger charge is 1.96. The first-order valence-corrected chi connectivity index (χ1v) is 3.25. The summed E-state index contributed by atoms with van der Waals surface area (Å²) < 4.78 is 0. The van der Waals surface area contributed by atoms with Crippen LogP contribution in [-0.4, -0.2) is 0 Å². The van der Waals surface area contributed by atoms with E-state index < -0.39 is 0 Å². The van der Waals surface area contributed by atoms with Crippen LogP contribution in [0.2, 0.25) is 0 Å². The fraction of sp³-hybridized carbons (Fsp3) is 0.125. The molecule has 1 rings (SSSR count). The van der Waals surface area contributed by atoms with E-state index in [1.807, 2.05) is 19.1 Å². The van der Waals surface area contributed by atoms with Crippen molar-refractivity contribution in [3.05, 3.63) is 29.3 Å². The molecule has 0 heterocycles. The minimum atomic E-state index is 0. The standard InChI is InChI=1S/C8H9N3.ClH/c1-6-2-3-7(5-9)4-8(6)11-10;/h2-4,11H,10H2,1H3;1H. The first-order valence-electron chi connectivity index (χ1n) is 3.25. The molecule has 0 bridgehead atoms. The number of halogens is 1. The molecule has 12 heavy (non-hydrogen) atoms. The number of anilines is 1. The second-order valence-electron chi connectivity index (χ2n) is 2.29. The molecule has 0 aliphatic rings. The maximum Gasteiger partial charge on any atom is 0.0992 e. The number of aryl methyl sites for hydroxylation is 1. The van der Waals surface area contributed by atoms with Crippen LogP contribution < -0.4 is 11.3 Å². The van der Waals surface area contributed by atoms with Gasteiger partial charge in [0.05, 0.1) is 17.3 Å². The van der Waals surface area contributed by atoms with E-state index in [1.54, 1.807) is 12.1 Å². The van der Waals surface area contributed by atoms with Gasteiger partial charge in [-0.2, -0.15) is 5.26 Å². The number of nitrogen functional groups attached to an aromatic ring is 1. The summed E-state index contributed by atoms with van der Waals surface area (Å²) in [6, 6.07) is 7.37. The highest BCUT2D eigenvalue weighted by atomic mass is 35.5. The quantitative estimate of drug-likeness (QED) is 0.513. The average Bonchev–Trinajstić information content (AvgIpc) is 2.05. The van der Waals surface area contributed by atoms with E-state index in [0.29, 0.717) is 5.56 Å². The van der Waals surface area contributed by atoms with E-state index in [9.17, 15) is 0 Å². The number of nitrogens with one attached hydrogen (secondary N) is 1. The monoisotopic (exact) mass is 183 g/mol. The summed E-state index contributed by atoms with van der Waals surface area (Å²) in [4.78, 5) is 0. The maximum atomic E-state index is 8.53. The van der Waals surface area contributed by atoms with Crippen molar-refractivity contribution in [2.45, 2.75) is 6.92 Å². The molecule has 0 atom stereocenters. The van der Waals surface area contributed by atoms with Crippen LogP contribution in [0.1, 0.15) is 11.1 Å². The van der Waals surface area contributed by atoms with E-state index in [1.165, 1.54) is 0 Å². The van der Waals surface area contributed by atoms with Gasteiger partial charge in [-0.15, -0.1) is 12.4 Å². The Labute approximate surface area is 77.6 Å². The number of nitrogens with zero attached hydrogens (tertiary/aromatic N) is 1. The number of hydrogen-bond acceptors (Lipinski definition) is 3. The number of nitrogens with two attached hydrogens (primary N) is 1. The smallest absolute Gasteiger partial charge is 0.0992 e. The van der Waals surface area contributed by atoms with Gasteiger partial charge >= 0.3 is 0 Å². The van der Waals surface area contributed by atoms with E-state index in [-0.39, 0.29) is 12.4 Å². The Hall–Kier alpha value is -1.24. The SMILES string of the molecule is Cc1ccc(C#N)cc1NN.Cl. The molecule has 3 nitrogen and oxygen atoms in total. The lowest BCUT2D eigenvalue weighted by molar-refractivity contribution is 1.30. The van der Waals surface area contributed by atoms with E-state index in [0.717, 1.165) is 11.3 Å². The zero-order valence-corrected chi connectivity index (χ0v) is 7.48. The molecule has 0 saturated heterocycles. The largest absolute Gasteiger partial charge is 0.324 e. The summed E-state index contributed by atoms with van der Waals surface area (Å²) in [6.07, 6.45) is 0. The molecule has 0 fully saturated rings. The lowest BCUT2D eigenvalue weighted by Gasteiger charge is -2.03. The summed E-state index contributed by atoms with van der Waals surface area (Å²) >= 11 is 0. The topological polar surface area (TPSA) is 61.8 Å². The van der Waals surface area contributed by atoms with Crippen LogP contribution in [0.5, 0.6) is 0 Å². The third-order valence-electron chi connectivity index (χ3n) is 1.52. The van der Waals surface area contributed by atoms with Gasteiger partial charge in [0.25, 0.3) is 0 Å². The summed E-state index contributed by atoms with van der Waals surface area (Å²) in [5.74, 6) is 5.21. The van der Waals surface area contributed by atoms with Gasteiger partial charge in [0.2, 0.25) is 0 Å². The van der Waals surface area contributed by atoms with Crippen molar-refractivity contribution < 1.29 is 0 Å². The Bertz CT molecular complexity index is 304. The third kappa shape index (κ3) is 2.12. The average molecular weight is 184 g/mol. The summed E-state index contributed by atoms with van der Waals surface area (Å²) in [7, 11) is 0. The minimum absolute atomic E-state index is 0. The fourth-order valence-corrected chi connectivity index (χ4v) is 0.847. The molecule has 4 heteroatoms. The fourth-order valence-electron chi connectivity index (χ4n) is 0.847. The van der Waals surface area contributed by atoms with Crippen molar-refractivity contribution in [1.29, 1.82) is 5.26 Å². The first kappa shape index (κ1) is 10.8. The van der Waals surface area contributed by atoms with Crippen molar-refractivity contribution in [2.24, 2.45) is 5.84 Å². The summed E-state index contributed by atoms with van der Waals surface area (Å²) in [5.41, 5.74) is 4.96.